The van der Waals surface area contributed by atoms with Gasteiger partial charge in [-0.2, -0.15) is 0 Å². The molecular weight excluding hydrogens is 355 g/mol. The number of nitrogens with one attached hydrogen (secondary N) is 1. The van der Waals surface area contributed by atoms with E-state index in [0.717, 1.165) is 17.0 Å². The van der Waals surface area contributed by atoms with E-state index in [0.29, 0.717) is 11.5 Å². The van der Waals surface area contributed by atoms with Crippen LogP contribution in [0.3, 0.4) is 0 Å². The molecule has 2 aromatic rings. The fourth-order valence-electron chi connectivity index (χ4n) is 2.52. The number of nitrogens with zero attached hydrogens (tertiary/aromatic N) is 1. The number of carbonyl (C=O) groups excluding carboxylic acids is 2. The molecule has 8 heteroatoms. The van der Waals surface area contributed by atoms with E-state index in [-0.39, 0.29) is 30.3 Å². The molecule has 27 heavy (non-hydrogen) atoms. The molecule has 140 valence electrons. The zero-order chi connectivity index (χ0) is 19.4. The van der Waals surface area contributed by atoms with Crippen LogP contribution in [0.25, 0.3) is 0 Å². The number of hydrogen-bond acceptors (Lipinski definition) is 6. The molecule has 2 aromatic carbocycles. The summed E-state index contributed by atoms with van der Waals surface area (Å²) < 4.78 is 25.0. The standard InChI is InChI=1S/C19H17FN2O5/c1-26-13-3-2-4-14(10-13)27-17-6-5-12(9-15(17)20)21-16-11-18(24)22(7-8-23)19(16)25/h2-6,9-11,21,23H,7-8H2,1H3. The highest BCUT2D eigenvalue weighted by Gasteiger charge is 2.30. The largest absolute Gasteiger partial charge is 0.497 e. The first-order chi connectivity index (χ1) is 13.0. The van der Waals surface area contributed by atoms with Crippen LogP contribution in [-0.4, -0.2) is 42.1 Å². The number of amides is 2. The van der Waals surface area contributed by atoms with Crippen LogP contribution in [0.2, 0.25) is 0 Å². The maximum atomic E-state index is 14.4. The first kappa shape index (κ1) is 18.4. The van der Waals surface area contributed by atoms with E-state index >= 15 is 0 Å². The van der Waals surface area contributed by atoms with Gasteiger partial charge >= 0.3 is 0 Å². The Bertz CT molecular complexity index is 913. The van der Waals surface area contributed by atoms with Crippen LogP contribution in [0.15, 0.2) is 54.2 Å². The fraction of sp³-hybridized carbons (Fsp3) is 0.158. The smallest absolute Gasteiger partial charge is 0.277 e. The van der Waals surface area contributed by atoms with E-state index in [1.165, 1.54) is 19.2 Å². The number of anilines is 1. The number of carbonyl (C=O) groups is 2. The topological polar surface area (TPSA) is 88.1 Å². The van der Waals surface area contributed by atoms with E-state index < -0.39 is 17.6 Å². The zero-order valence-electron chi connectivity index (χ0n) is 14.4. The second-order valence-corrected chi connectivity index (χ2v) is 5.63. The molecule has 0 bridgehead atoms. The Balaban J connectivity index is 1.72. The Hall–Kier alpha value is -3.39. The summed E-state index contributed by atoms with van der Waals surface area (Å²) in [6.45, 7) is -0.426. The maximum Gasteiger partial charge on any atom is 0.277 e. The number of benzene rings is 2. The number of rotatable bonds is 7. The molecule has 2 amide bonds. The maximum absolute atomic E-state index is 14.4. The minimum atomic E-state index is -0.646. The summed E-state index contributed by atoms with van der Waals surface area (Å²) in [7, 11) is 1.52. The Morgan fingerprint density at radius 3 is 2.63 bits per heavy atom. The number of ether oxygens (including phenoxy) is 2. The molecule has 1 heterocycles. The van der Waals surface area contributed by atoms with Gasteiger partial charge in [-0.3, -0.25) is 14.5 Å². The van der Waals surface area contributed by atoms with Gasteiger partial charge in [-0.05, 0) is 24.3 Å². The third-order valence-electron chi connectivity index (χ3n) is 3.81. The number of aliphatic hydroxyl groups is 1. The van der Waals surface area contributed by atoms with Crippen molar-refractivity contribution in [3.05, 3.63) is 60.1 Å². The quantitative estimate of drug-likeness (QED) is 0.725. The van der Waals surface area contributed by atoms with Gasteiger partial charge in [0, 0.05) is 23.9 Å². The second kappa shape index (κ2) is 7.88. The summed E-state index contributed by atoms with van der Waals surface area (Å²) in [5.74, 6) is -0.769. The summed E-state index contributed by atoms with van der Waals surface area (Å²) in [4.78, 5) is 24.7. The van der Waals surface area contributed by atoms with Crippen molar-refractivity contribution in [2.75, 3.05) is 25.6 Å². The summed E-state index contributed by atoms with van der Waals surface area (Å²) in [5.41, 5.74) is 0.290. The van der Waals surface area contributed by atoms with Crippen LogP contribution >= 0.6 is 0 Å². The first-order valence-corrected chi connectivity index (χ1v) is 8.08. The number of hydrogen-bond donors (Lipinski definition) is 2. The Morgan fingerprint density at radius 2 is 1.93 bits per heavy atom. The number of halogens is 1. The molecule has 2 N–H and O–H groups in total. The van der Waals surface area contributed by atoms with Crippen molar-refractivity contribution in [1.82, 2.24) is 4.90 Å². The average molecular weight is 372 g/mol. The fourth-order valence-corrected chi connectivity index (χ4v) is 2.52. The van der Waals surface area contributed by atoms with Crippen LogP contribution in [0, 0.1) is 5.82 Å². The van der Waals surface area contributed by atoms with Gasteiger partial charge in [0.2, 0.25) is 0 Å². The molecule has 3 rings (SSSR count). The predicted molar refractivity (Wildman–Crippen MR) is 95.0 cm³/mol. The van der Waals surface area contributed by atoms with Gasteiger partial charge in [0.05, 0.1) is 20.3 Å². The molecule has 0 fully saturated rings. The molecule has 1 aliphatic rings. The lowest BCUT2D eigenvalue weighted by atomic mass is 10.2. The second-order valence-electron chi connectivity index (χ2n) is 5.63. The molecule has 0 atom stereocenters. The highest BCUT2D eigenvalue weighted by Crippen LogP contribution is 2.29. The summed E-state index contributed by atoms with van der Waals surface area (Å²) in [6, 6.07) is 10.8. The van der Waals surface area contributed by atoms with Crippen LogP contribution in [0.1, 0.15) is 0 Å². The van der Waals surface area contributed by atoms with E-state index in [1.807, 2.05) is 0 Å². The van der Waals surface area contributed by atoms with Crippen molar-refractivity contribution in [3.63, 3.8) is 0 Å². The molecule has 0 saturated heterocycles. The monoisotopic (exact) mass is 372 g/mol. The summed E-state index contributed by atoms with van der Waals surface area (Å²) in [5, 5.41) is 11.6. The molecule has 0 saturated carbocycles. The SMILES string of the molecule is COc1cccc(Oc2ccc(NC3=CC(=O)N(CCO)C3=O)cc2F)c1. The first-order valence-electron chi connectivity index (χ1n) is 8.08. The number of methoxy groups -OCH3 is 1. The van der Waals surface area contributed by atoms with Crippen molar-refractivity contribution in [2.24, 2.45) is 0 Å². The van der Waals surface area contributed by atoms with Crippen LogP contribution < -0.4 is 14.8 Å². The van der Waals surface area contributed by atoms with E-state index in [4.69, 9.17) is 14.6 Å². The van der Waals surface area contributed by atoms with E-state index in [1.54, 1.807) is 24.3 Å². The van der Waals surface area contributed by atoms with Gasteiger partial charge in [0.15, 0.2) is 11.6 Å². The van der Waals surface area contributed by atoms with Gasteiger partial charge in [-0.25, -0.2) is 4.39 Å². The van der Waals surface area contributed by atoms with Crippen molar-refractivity contribution in [2.45, 2.75) is 0 Å². The van der Waals surface area contributed by atoms with Crippen molar-refractivity contribution in [3.8, 4) is 17.2 Å². The lowest BCUT2D eigenvalue weighted by Gasteiger charge is -2.14. The predicted octanol–water partition coefficient (Wildman–Crippen LogP) is 2.28. The third kappa shape index (κ3) is 4.06. The van der Waals surface area contributed by atoms with E-state index in [2.05, 4.69) is 5.32 Å². The number of aliphatic hydroxyl groups excluding tert-OH is 1. The lowest BCUT2D eigenvalue weighted by Crippen LogP contribution is -2.34. The molecule has 0 unspecified atom stereocenters. The highest BCUT2D eigenvalue weighted by atomic mass is 19.1. The van der Waals surface area contributed by atoms with Gasteiger partial charge < -0.3 is 19.9 Å². The minimum absolute atomic E-state index is 0.00138. The van der Waals surface area contributed by atoms with Gasteiger partial charge in [-0.15, -0.1) is 0 Å². The number of β-amino-alcohol motifs (C(OH)–C–C–N with tert-alkyl or cyclic N) is 1. The van der Waals surface area contributed by atoms with Crippen LogP contribution in [0.5, 0.6) is 17.2 Å². The zero-order valence-corrected chi connectivity index (χ0v) is 14.4. The Labute approximate surface area is 154 Å². The normalized spacial score (nSPS) is 13.6. The molecule has 1 aliphatic heterocycles. The summed E-state index contributed by atoms with van der Waals surface area (Å²) >= 11 is 0. The van der Waals surface area contributed by atoms with Crippen molar-refractivity contribution in [1.29, 1.82) is 0 Å². The molecular formula is C19H17FN2O5. The third-order valence-corrected chi connectivity index (χ3v) is 3.81. The molecule has 7 nitrogen and oxygen atoms in total. The summed E-state index contributed by atoms with van der Waals surface area (Å²) in [6.07, 6.45) is 1.11. The van der Waals surface area contributed by atoms with Gasteiger partial charge in [-0.1, -0.05) is 6.07 Å². The minimum Gasteiger partial charge on any atom is -0.497 e. The van der Waals surface area contributed by atoms with Crippen molar-refractivity contribution < 1.29 is 28.6 Å². The Kier molecular flexibility index (Phi) is 5.37. The Morgan fingerprint density at radius 1 is 1.15 bits per heavy atom. The molecule has 0 aliphatic carbocycles. The molecule has 0 aromatic heterocycles. The lowest BCUT2D eigenvalue weighted by molar-refractivity contribution is -0.137. The molecule has 0 radical (unpaired) electrons. The number of imide groups is 1. The van der Waals surface area contributed by atoms with E-state index in [9.17, 15) is 14.0 Å². The highest BCUT2D eigenvalue weighted by molar-refractivity contribution is 6.17. The molecule has 0 spiro atoms. The van der Waals surface area contributed by atoms with Gasteiger partial charge in [0.25, 0.3) is 11.8 Å². The van der Waals surface area contributed by atoms with Gasteiger partial charge in [0.1, 0.15) is 17.2 Å². The average Bonchev–Trinajstić information content (AvgIpc) is 2.92. The van der Waals surface area contributed by atoms with Crippen molar-refractivity contribution >= 4 is 17.5 Å². The van der Waals surface area contributed by atoms with Crippen LogP contribution in [-0.2, 0) is 9.59 Å². The van der Waals surface area contributed by atoms with Crippen LogP contribution in [0.4, 0.5) is 10.1 Å².